The van der Waals surface area contributed by atoms with Gasteiger partial charge in [-0.1, -0.05) is 19.1 Å². The number of amides is 1. The van der Waals surface area contributed by atoms with E-state index in [2.05, 4.69) is 48.7 Å². The van der Waals surface area contributed by atoms with Crippen molar-refractivity contribution in [2.75, 3.05) is 19.3 Å². The fourth-order valence-electron chi connectivity index (χ4n) is 1.90. The first-order chi connectivity index (χ1) is 9.67. The minimum Gasteiger partial charge on any atom is -0.359 e. The van der Waals surface area contributed by atoms with Crippen LogP contribution in [0.3, 0.4) is 0 Å². The van der Waals surface area contributed by atoms with E-state index in [0.29, 0.717) is 12.5 Å². The van der Waals surface area contributed by atoms with Crippen LogP contribution in [0.15, 0.2) is 29.2 Å². The van der Waals surface area contributed by atoms with Gasteiger partial charge in [-0.05, 0) is 49.8 Å². The van der Waals surface area contributed by atoms with E-state index in [1.54, 1.807) is 7.05 Å². The van der Waals surface area contributed by atoms with Gasteiger partial charge in [0.2, 0.25) is 5.91 Å². The van der Waals surface area contributed by atoms with Crippen LogP contribution >= 0.6 is 11.8 Å². The third kappa shape index (κ3) is 6.44. The molecule has 0 aliphatic heterocycles. The normalized spacial score (nSPS) is 12.2. The molecule has 0 saturated heterocycles. The summed E-state index contributed by atoms with van der Waals surface area (Å²) < 4.78 is 0. The predicted octanol–water partition coefficient (Wildman–Crippen LogP) is 3.37. The molecule has 1 amide bonds. The number of carbonyl (C=O) groups is 1. The lowest BCUT2D eigenvalue weighted by Gasteiger charge is -2.14. The number of benzene rings is 1. The van der Waals surface area contributed by atoms with Crippen LogP contribution in [-0.4, -0.2) is 25.3 Å². The van der Waals surface area contributed by atoms with Gasteiger partial charge in [-0.25, -0.2) is 0 Å². The Labute approximate surface area is 126 Å². The van der Waals surface area contributed by atoms with E-state index in [4.69, 9.17) is 0 Å². The summed E-state index contributed by atoms with van der Waals surface area (Å²) in [7, 11) is 1.68. The predicted molar refractivity (Wildman–Crippen MR) is 87.2 cm³/mol. The van der Waals surface area contributed by atoms with Gasteiger partial charge < -0.3 is 10.6 Å². The molecule has 0 spiro atoms. The monoisotopic (exact) mass is 294 g/mol. The Kier molecular flexibility index (Phi) is 8.38. The molecular formula is C16H26N2OS. The molecule has 1 rings (SSSR count). The van der Waals surface area contributed by atoms with Crippen LogP contribution in [0.1, 0.15) is 44.7 Å². The van der Waals surface area contributed by atoms with E-state index in [0.717, 1.165) is 25.1 Å². The lowest BCUT2D eigenvalue weighted by molar-refractivity contribution is -0.120. The van der Waals surface area contributed by atoms with Crippen LogP contribution < -0.4 is 10.6 Å². The quantitative estimate of drug-likeness (QED) is 0.542. The molecule has 20 heavy (non-hydrogen) atoms. The van der Waals surface area contributed by atoms with Crippen molar-refractivity contribution < 1.29 is 4.79 Å². The Morgan fingerprint density at radius 3 is 2.90 bits per heavy atom. The van der Waals surface area contributed by atoms with Crippen molar-refractivity contribution in [2.24, 2.45) is 0 Å². The summed E-state index contributed by atoms with van der Waals surface area (Å²) in [6.07, 6.45) is 2.67. The number of hydrogen-bond acceptors (Lipinski definition) is 3. The second-order valence-corrected chi connectivity index (χ2v) is 6.04. The van der Waals surface area contributed by atoms with Crippen molar-refractivity contribution >= 4 is 17.7 Å². The van der Waals surface area contributed by atoms with E-state index in [1.165, 1.54) is 10.5 Å². The largest absolute Gasteiger partial charge is 0.359 e. The first-order valence-corrected chi connectivity index (χ1v) is 8.32. The van der Waals surface area contributed by atoms with Gasteiger partial charge in [0.05, 0.1) is 0 Å². The molecule has 4 heteroatoms. The Morgan fingerprint density at radius 1 is 1.40 bits per heavy atom. The molecule has 3 nitrogen and oxygen atoms in total. The van der Waals surface area contributed by atoms with E-state index in [9.17, 15) is 4.79 Å². The topological polar surface area (TPSA) is 41.1 Å². The lowest BCUT2D eigenvalue weighted by atomic mass is 10.1. The van der Waals surface area contributed by atoms with Crippen molar-refractivity contribution in [3.63, 3.8) is 0 Å². The van der Waals surface area contributed by atoms with Crippen LogP contribution in [0, 0.1) is 0 Å². The summed E-state index contributed by atoms with van der Waals surface area (Å²) in [5.41, 5.74) is 1.33. The van der Waals surface area contributed by atoms with E-state index in [1.807, 2.05) is 11.8 Å². The number of rotatable bonds is 9. The number of carbonyl (C=O) groups excluding carboxylic acids is 1. The third-order valence-electron chi connectivity index (χ3n) is 3.15. The number of thioether (sulfide) groups is 1. The SMILES string of the molecule is CCCNC(C)c1cccc(SCCCC(=O)NC)c1. The maximum Gasteiger partial charge on any atom is 0.219 e. The van der Waals surface area contributed by atoms with Crippen LogP contribution in [0.4, 0.5) is 0 Å². The maximum absolute atomic E-state index is 11.1. The second-order valence-electron chi connectivity index (χ2n) is 4.87. The minimum absolute atomic E-state index is 0.122. The summed E-state index contributed by atoms with van der Waals surface area (Å²) in [4.78, 5) is 12.4. The fourth-order valence-corrected chi connectivity index (χ4v) is 2.82. The van der Waals surface area contributed by atoms with Gasteiger partial charge in [0.25, 0.3) is 0 Å². The van der Waals surface area contributed by atoms with E-state index >= 15 is 0 Å². The first kappa shape index (κ1) is 17.1. The first-order valence-electron chi connectivity index (χ1n) is 7.34. The molecular weight excluding hydrogens is 268 g/mol. The van der Waals surface area contributed by atoms with Crippen LogP contribution in [0.25, 0.3) is 0 Å². The Balaban J connectivity index is 2.41. The maximum atomic E-state index is 11.1. The number of nitrogens with one attached hydrogen (secondary N) is 2. The van der Waals surface area contributed by atoms with Crippen LogP contribution in [-0.2, 0) is 4.79 Å². The van der Waals surface area contributed by atoms with Gasteiger partial charge in [0, 0.05) is 24.4 Å². The summed E-state index contributed by atoms with van der Waals surface area (Å²) in [6.45, 7) is 5.42. The molecule has 0 aromatic heterocycles. The molecule has 1 aromatic rings. The highest BCUT2D eigenvalue weighted by Crippen LogP contribution is 2.23. The van der Waals surface area contributed by atoms with Gasteiger partial charge in [-0.2, -0.15) is 0 Å². The summed E-state index contributed by atoms with van der Waals surface area (Å²) in [6, 6.07) is 9.06. The average molecular weight is 294 g/mol. The zero-order chi connectivity index (χ0) is 14.8. The second kappa shape index (κ2) is 9.83. The molecule has 0 aliphatic rings. The minimum atomic E-state index is 0.122. The third-order valence-corrected chi connectivity index (χ3v) is 4.23. The zero-order valence-electron chi connectivity index (χ0n) is 12.7. The molecule has 112 valence electrons. The van der Waals surface area contributed by atoms with Crippen molar-refractivity contribution in [2.45, 2.75) is 44.0 Å². The molecule has 0 saturated carbocycles. The molecule has 0 aliphatic carbocycles. The molecule has 1 aromatic carbocycles. The number of hydrogen-bond donors (Lipinski definition) is 2. The summed E-state index contributed by atoms with van der Waals surface area (Å²) in [5.74, 6) is 1.10. The van der Waals surface area contributed by atoms with Crippen molar-refractivity contribution in [1.82, 2.24) is 10.6 Å². The van der Waals surface area contributed by atoms with Gasteiger partial charge in [0.1, 0.15) is 0 Å². The highest BCUT2D eigenvalue weighted by atomic mass is 32.2. The van der Waals surface area contributed by atoms with Crippen molar-refractivity contribution in [1.29, 1.82) is 0 Å². The van der Waals surface area contributed by atoms with Crippen molar-refractivity contribution in [3.8, 4) is 0 Å². The molecule has 1 unspecified atom stereocenters. The molecule has 0 fully saturated rings. The Bertz CT molecular complexity index is 409. The zero-order valence-corrected chi connectivity index (χ0v) is 13.6. The standard InChI is InChI=1S/C16H26N2OS/c1-4-10-18-13(2)14-7-5-8-15(12-14)20-11-6-9-16(19)17-3/h5,7-8,12-13,18H,4,6,9-11H2,1-3H3,(H,17,19). The molecule has 2 N–H and O–H groups in total. The van der Waals surface area contributed by atoms with Crippen molar-refractivity contribution in [3.05, 3.63) is 29.8 Å². The highest BCUT2D eigenvalue weighted by molar-refractivity contribution is 7.99. The van der Waals surface area contributed by atoms with E-state index in [-0.39, 0.29) is 5.91 Å². The van der Waals surface area contributed by atoms with Crippen LogP contribution in [0.2, 0.25) is 0 Å². The lowest BCUT2D eigenvalue weighted by Crippen LogP contribution is -2.19. The van der Waals surface area contributed by atoms with Crippen LogP contribution in [0.5, 0.6) is 0 Å². The molecule has 0 radical (unpaired) electrons. The van der Waals surface area contributed by atoms with Gasteiger partial charge in [-0.3, -0.25) is 4.79 Å². The molecule has 0 heterocycles. The summed E-state index contributed by atoms with van der Waals surface area (Å²) >= 11 is 1.82. The highest BCUT2D eigenvalue weighted by Gasteiger charge is 2.05. The van der Waals surface area contributed by atoms with Gasteiger partial charge in [-0.15, -0.1) is 11.8 Å². The average Bonchev–Trinajstić information content (AvgIpc) is 2.49. The Hall–Kier alpha value is -1.00. The smallest absolute Gasteiger partial charge is 0.219 e. The Morgan fingerprint density at radius 2 is 2.20 bits per heavy atom. The summed E-state index contributed by atoms with van der Waals surface area (Å²) in [5, 5.41) is 6.15. The van der Waals surface area contributed by atoms with E-state index < -0.39 is 0 Å². The van der Waals surface area contributed by atoms with Gasteiger partial charge >= 0.3 is 0 Å². The fraction of sp³-hybridized carbons (Fsp3) is 0.562. The molecule has 0 bridgehead atoms. The van der Waals surface area contributed by atoms with Gasteiger partial charge in [0.15, 0.2) is 0 Å². The molecule has 1 atom stereocenters.